The molecule has 14 heavy (non-hydrogen) atoms. The Morgan fingerprint density at radius 1 is 1.43 bits per heavy atom. The highest BCUT2D eigenvalue weighted by Crippen LogP contribution is 2.06. The number of nitrogens with zero attached hydrogens (tertiary/aromatic N) is 1. The van der Waals surface area contributed by atoms with Crippen molar-refractivity contribution in [3.8, 4) is 0 Å². The van der Waals surface area contributed by atoms with Crippen molar-refractivity contribution in [2.45, 2.75) is 13.5 Å². The van der Waals surface area contributed by atoms with Gasteiger partial charge in [-0.1, -0.05) is 0 Å². The van der Waals surface area contributed by atoms with Crippen LogP contribution in [0.1, 0.15) is 11.5 Å². The van der Waals surface area contributed by atoms with E-state index < -0.39 is 5.82 Å². The van der Waals surface area contributed by atoms with Crippen LogP contribution in [0.15, 0.2) is 13.6 Å². The normalized spacial score (nSPS) is 11.1. The summed E-state index contributed by atoms with van der Waals surface area (Å²) in [5, 5.41) is 3.05. The summed E-state index contributed by atoms with van der Waals surface area (Å²) in [4.78, 5) is 12.8. The number of likely N-dealkylation sites (N-methyl/N-ethyl adjacent to an activating group) is 2. The van der Waals surface area contributed by atoms with Crippen molar-refractivity contribution in [2.75, 3.05) is 27.2 Å². The van der Waals surface area contributed by atoms with Gasteiger partial charge in [-0.2, -0.15) is 0 Å². The number of nitrogens with one attached hydrogen (secondary N) is 1. The third kappa shape index (κ3) is 3.01. The highest BCUT2D eigenvalue weighted by atomic mass is 16.6. The van der Waals surface area contributed by atoms with Crippen molar-refractivity contribution in [3.63, 3.8) is 0 Å². The van der Waals surface area contributed by atoms with E-state index in [0.29, 0.717) is 18.1 Å². The van der Waals surface area contributed by atoms with Crippen molar-refractivity contribution in [2.24, 2.45) is 0 Å². The van der Waals surface area contributed by atoms with Crippen molar-refractivity contribution < 1.29 is 8.83 Å². The maximum Gasteiger partial charge on any atom is 0.519 e. The standard InChI is InChI=1S/C9H16N2O3/c1-7-8(14-9(12)13-7)6-11(3)5-4-10-2/h10H,4-6H2,1-3H3. The molecule has 0 saturated carbocycles. The summed E-state index contributed by atoms with van der Waals surface area (Å²) in [6.07, 6.45) is 0. The van der Waals surface area contributed by atoms with Gasteiger partial charge in [-0.25, -0.2) is 4.79 Å². The summed E-state index contributed by atoms with van der Waals surface area (Å²) in [7, 11) is 3.86. The maximum absolute atomic E-state index is 10.7. The van der Waals surface area contributed by atoms with Crippen molar-refractivity contribution in [1.29, 1.82) is 0 Å². The van der Waals surface area contributed by atoms with Gasteiger partial charge in [0.25, 0.3) is 0 Å². The van der Waals surface area contributed by atoms with E-state index in [1.165, 1.54) is 0 Å². The molecule has 1 N–H and O–H groups in total. The van der Waals surface area contributed by atoms with Crippen LogP contribution in [-0.2, 0) is 6.54 Å². The Hall–Kier alpha value is -1.07. The fourth-order valence-corrected chi connectivity index (χ4v) is 1.15. The van der Waals surface area contributed by atoms with Crippen LogP contribution in [-0.4, -0.2) is 32.1 Å². The Labute approximate surface area is 82.7 Å². The minimum atomic E-state index is -0.625. The molecule has 0 unspecified atom stereocenters. The molecular formula is C9H16N2O3. The number of hydrogen-bond donors (Lipinski definition) is 1. The molecule has 0 aliphatic rings. The molecular weight excluding hydrogens is 184 g/mol. The van der Waals surface area contributed by atoms with Crippen LogP contribution in [0.25, 0.3) is 0 Å². The molecule has 0 saturated heterocycles. The molecule has 1 aromatic heterocycles. The lowest BCUT2D eigenvalue weighted by atomic mass is 10.3. The van der Waals surface area contributed by atoms with E-state index in [1.807, 2.05) is 14.1 Å². The minimum absolute atomic E-state index is 0.561. The van der Waals surface area contributed by atoms with Crippen LogP contribution in [0.5, 0.6) is 0 Å². The summed E-state index contributed by atoms with van der Waals surface area (Å²) in [5.74, 6) is 0.541. The van der Waals surface area contributed by atoms with Gasteiger partial charge in [0.2, 0.25) is 0 Å². The zero-order valence-corrected chi connectivity index (χ0v) is 8.79. The topological polar surface area (TPSA) is 58.6 Å². The summed E-state index contributed by atoms with van der Waals surface area (Å²) in [6, 6.07) is 0. The molecule has 1 aromatic rings. The molecule has 5 nitrogen and oxygen atoms in total. The Balaban J connectivity index is 2.51. The van der Waals surface area contributed by atoms with Gasteiger partial charge >= 0.3 is 5.82 Å². The molecule has 0 fully saturated rings. The predicted molar refractivity (Wildman–Crippen MR) is 52.2 cm³/mol. The summed E-state index contributed by atoms with van der Waals surface area (Å²) >= 11 is 0. The summed E-state index contributed by atoms with van der Waals surface area (Å²) < 4.78 is 9.64. The Morgan fingerprint density at radius 3 is 2.64 bits per heavy atom. The van der Waals surface area contributed by atoms with Gasteiger partial charge in [0.05, 0.1) is 6.54 Å². The number of aryl methyl sites for hydroxylation is 1. The van der Waals surface area contributed by atoms with E-state index in [-0.39, 0.29) is 0 Å². The lowest BCUT2D eigenvalue weighted by molar-refractivity contribution is 0.287. The zero-order valence-electron chi connectivity index (χ0n) is 8.79. The van der Waals surface area contributed by atoms with E-state index >= 15 is 0 Å². The summed E-state index contributed by atoms with van der Waals surface area (Å²) in [5.41, 5.74) is 0. The quantitative estimate of drug-likeness (QED) is 0.735. The first kappa shape index (κ1) is 11.0. The van der Waals surface area contributed by atoms with Gasteiger partial charge in [0.15, 0.2) is 5.76 Å². The van der Waals surface area contributed by atoms with E-state index in [0.717, 1.165) is 13.1 Å². The van der Waals surface area contributed by atoms with E-state index in [1.54, 1.807) is 6.92 Å². The number of rotatable bonds is 5. The molecule has 0 aromatic carbocycles. The Bertz CT molecular complexity index is 329. The average Bonchev–Trinajstić information content (AvgIpc) is 2.42. The maximum atomic E-state index is 10.7. The second-order valence-electron chi connectivity index (χ2n) is 3.27. The van der Waals surface area contributed by atoms with Gasteiger partial charge in [-0.3, -0.25) is 4.90 Å². The van der Waals surface area contributed by atoms with E-state index in [2.05, 4.69) is 10.2 Å². The van der Waals surface area contributed by atoms with Crippen LogP contribution in [0.4, 0.5) is 0 Å². The predicted octanol–water partition coefficient (Wildman–Crippen LogP) is 0.192. The average molecular weight is 200 g/mol. The first-order valence-electron chi connectivity index (χ1n) is 4.56. The van der Waals surface area contributed by atoms with Crippen LogP contribution < -0.4 is 11.1 Å². The van der Waals surface area contributed by atoms with Crippen molar-refractivity contribution in [3.05, 3.63) is 22.1 Å². The van der Waals surface area contributed by atoms with Gasteiger partial charge in [0.1, 0.15) is 5.76 Å². The third-order valence-electron chi connectivity index (χ3n) is 1.99. The molecule has 0 radical (unpaired) electrons. The van der Waals surface area contributed by atoms with E-state index in [9.17, 15) is 4.79 Å². The van der Waals surface area contributed by atoms with Crippen molar-refractivity contribution >= 4 is 0 Å². The molecule has 80 valence electrons. The first-order valence-corrected chi connectivity index (χ1v) is 4.56. The Kier molecular flexibility index (Phi) is 3.91. The fourth-order valence-electron chi connectivity index (χ4n) is 1.15. The molecule has 0 amide bonds. The van der Waals surface area contributed by atoms with Gasteiger partial charge in [-0.15, -0.1) is 0 Å². The third-order valence-corrected chi connectivity index (χ3v) is 1.99. The lowest BCUT2D eigenvalue weighted by Crippen LogP contribution is -2.27. The monoisotopic (exact) mass is 200 g/mol. The largest absolute Gasteiger partial charge is 0.519 e. The second kappa shape index (κ2) is 4.97. The highest BCUT2D eigenvalue weighted by Gasteiger charge is 2.10. The molecule has 0 atom stereocenters. The van der Waals surface area contributed by atoms with E-state index in [4.69, 9.17) is 8.83 Å². The molecule has 1 rings (SSSR count). The van der Waals surface area contributed by atoms with Gasteiger partial charge in [0, 0.05) is 13.1 Å². The SMILES string of the molecule is CNCCN(C)Cc1oc(=O)oc1C. The van der Waals surface area contributed by atoms with Crippen LogP contribution in [0, 0.1) is 6.92 Å². The number of hydrogen-bond acceptors (Lipinski definition) is 5. The minimum Gasteiger partial charge on any atom is -0.396 e. The highest BCUT2D eigenvalue weighted by molar-refractivity contribution is 4.99. The van der Waals surface area contributed by atoms with Crippen LogP contribution >= 0.6 is 0 Å². The fraction of sp³-hybridized carbons (Fsp3) is 0.667. The lowest BCUT2D eigenvalue weighted by Gasteiger charge is -2.13. The molecule has 1 heterocycles. The molecule has 0 bridgehead atoms. The molecule has 0 aliphatic heterocycles. The van der Waals surface area contributed by atoms with Crippen LogP contribution in [0.2, 0.25) is 0 Å². The van der Waals surface area contributed by atoms with Gasteiger partial charge < -0.3 is 14.2 Å². The molecule has 5 heteroatoms. The van der Waals surface area contributed by atoms with Gasteiger partial charge in [-0.05, 0) is 21.0 Å². The zero-order chi connectivity index (χ0) is 10.6. The van der Waals surface area contributed by atoms with Crippen molar-refractivity contribution in [1.82, 2.24) is 10.2 Å². The van der Waals surface area contributed by atoms with Crippen LogP contribution in [0.3, 0.4) is 0 Å². The second-order valence-corrected chi connectivity index (χ2v) is 3.27. The molecule has 0 spiro atoms. The molecule has 0 aliphatic carbocycles. The smallest absolute Gasteiger partial charge is 0.396 e. The first-order chi connectivity index (χ1) is 6.63. The Morgan fingerprint density at radius 2 is 2.14 bits per heavy atom. The summed E-state index contributed by atoms with van der Waals surface area (Å²) in [6.45, 7) is 4.12.